The molecule has 0 saturated heterocycles. The summed E-state index contributed by atoms with van der Waals surface area (Å²) in [6.45, 7) is 19.5. The van der Waals surface area contributed by atoms with E-state index >= 15 is 0 Å². The second kappa shape index (κ2) is 15.0. The predicted octanol–water partition coefficient (Wildman–Crippen LogP) is 12.6. The van der Waals surface area contributed by atoms with Crippen LogP contribution in [0.25, 0.3) is 34.4 Å². The van der Waals surface area contributed by atoms with Crippen LogP contribution in [0.4, 0.5) is 0 Å². The Kier molecular flexibility index (Phi) is 11.3. The Morgan fingerprint density at radius 3 is 1.23 bits per heavy atom. The fourth-order valence-electron chi connectivity index (χ4n) is 7.85. The van der Waals surface area contributed by atoms with Gasteiger partial charge in [-0.15, -0.1) is 0 Å². The van der Waals surface area contributed by atoms with Crippen molar-refractivity contribution in [3.8, 4) is 22.3 Å². The summed E-state index contributed by atoms with van der Waals surface area (Å²) < 4.78 is 0.186. The van der Waals surface area contributed by atoms with Gasteiger partial charge in [0.25, 0.3) is 0 Å². The minimum atomic E-state index is -3.96. The van der Waals surface area contributed by atoms with Crippen LogP contribution in [0.2, 0.25) is 6.55 Å². The first-order valence-electron chi connectivity index (χ1n) is 18.5. The Bertz CT molecular complexity index is 2040. The van der Waals surface area contributed by atoms with Crippen LogP contribution in [0.3, 0.4) is 0 Å². The largest absolute Gasteiger partial charge is 0.408 e. The van der Waals surface area contributed by atoms with Gasteiger partial charge in [0, 0.05) is 0 Å². The molecule has 0 fully saturated rings. The second-order valence-electron chi connectivity index (χ2n) is 17.0. The van der Waals surface area contributed by atoms with E-state index in [-0.39, 0.29) is 18.1 Å². The zero-order chi connectivity index (χ0) is 38.5. The average Bonchev–Trinajstić information content (AvgIpc) is 3.64. The molecule has 5 aromatic carbocycles. The van der Waals surface area contributed by atoms with Crippen LogP contribution in [-0.2, 0) is 28.7 Å². The smallest absolute Gasteiger partial charge is 0.363 e. The van der Waals surface area contributed by atoms with Gasteiger partial charge in [0.1, 0.15) is 0 Å². The van der Waals surface area contributed by atoms with Gasteiger partial charge in [-0.3, -0.25) is 0 Å². The molecule has 6 heteroatoms. The van der Waals surface area contributed by atoms with Crippen LogP contribution in [-0.4, -0.2) is 18.2 Å². The molecule has 0 heterocycles. The Morgan fingerprint density at radius 2 is 0.906 bits per heavy atom. The Hall–Kier alpha value is -2.82. The van der Waals surface area contributed by atoms with Crippen LogP contribution in [0.1, 0.15) is 96.0 Å². The third-order valence-electron chi connectivity index (χ3n) is 10.8. The first kappa shape index (κ1) is 39.9. The summed E-state index contributed by atoms with van der Waals surface area (Å²) in [5.41, 5.74) is 15.7. The van der Waals surface area contributed by atoms with Crippen LogP contribution in [0.15, 0.2) is 126 Å². The zero-order valence-electron chi connectivity index (χ0n) is 32.4. The van der Waals surface area contributed by atoms with E-state index in [0.29, 0.717) is 5.19 Å². The second-order valence-corrected chi connectivity index (χ2v) is 34.3. The number of hydrogen-bond acceptors (Lipinski definition) is 2. The van der Waals surface area contributed by atoms with Crippen molar-refractivity contribution < 1.29 is 27.5 Å². The average molecular weight is 839 g/mol. The molecule has 2 aliphatic carbocycles. The van der Waals surface area contributed by atoms with Gasteiger partial charge >= 0.3 is 281 Å². The van der Waals surface area contributed by atoms with Crippen molar-refractivity contribution in [1.29, 1.82) is 0 Å². The van der Waals surface area contributed by atoms with Crippen LogP contribution >= 0.6 is 17.0 Å². The quantitative estimate of drug-likeness (QED) is 0.173. The van der Waals surface area contributed by atoms with Gasteiger partial charge in [-0.05, 0) is 11.7 Å². The first-order chi connectivity index (χ1) is 24.8. The van der Waals surface area contributed by atoms with Gasteiger partial charge in [0.2, 0.25) is 0 Å². The van der Waals surface area contributed by atoms with Gasteiger partial charge in [-0.1, -0.05) is 30.3 Å². The predicted molar refractivity (Wildman–Crippen MR) is 228 cm³/mol. The topological polar surface area (TPSA) is 40.5 Å². The normalized spacial score (nSPS) is 17.0. The van der Waals surface area contributed by atoms with Gasteiger partial charge in [0.05, 0.1) is 0 Å². The summed E-state index contributed by atoms with van der Waals surface area (Å²) in [5.74, 6) is 0. The third-order valence-corrected chi connectivity index (χ3v) is 24.9. The van der Waals surface area contributed by atoms with Crippen molar-refractivity contribution in [3.05, 3.63) is 160 Å². The standard InChI is InChI=1S/2C20H21.C7H10O2Si.2ClH.Zr/c2*1-14-12-16-6-5-7-18(19(16)13-14)15-8-10-17(11-9-15)20(2,3)4;1-10(8,9)7-5-3-2-4-6-7;;;/h2*5-13H,1-4H3;2-6,8-9H,1H3;2*1H;/q;;;;;+2/p-2. The van der Waals surface area contributed by atoms with Gasteiger partial charge in [-0.25, -0.2) is 0 Å². The monoisotopic (exact) mass is 836 g/mol. The molecule has 0 aliphatic heterocycles. The number of benzene rings is 5. The van der Waals surface area contributed by atoms with Gasteiger partial charge in [0.15, 0.2) is 0 Å². The van der Waals surface area contributed by atoms with E-state index in [1.54, 1.807) is 24.3 Å². The Labute approximate surface area is 330 Å². The zero-order valence-corrected chi connectivity index (χ0v) is 37.4. The molecule has 2 atom stereocenters. The molecule has 274 valence electrons. The maximum Gasteiger partial charge on any atom is 0.363 e. The maximum absolute atomic E-state index is 9.18. The fourth-order valence-corrected chi connectivity index (χ4v) is 23.0. The van der Waals surface area contributed by atoms with Crippen LogP contribution in [0.5, 0.6) is 0 Å². The molecule has 53 heavy (non-hydrogen) atoms. The number of rotatable bonds is 5. The molecule has 2 N–H and O–H groups in total. The molecule has 5 aromatic rings. The van der Waals surface area contributed by atoms with E-state index in [0.717, 1.165) is 0 Å². The van der Waals surface area contributed by atoms with Crippen molar-refractivity contribution in [2.45, 2.75) is 80.0 Å². The summed E-state index contributed by atoms with van der Waals surface area (Å²) in [5, 5.41) is 0.648. The summed E-state index contributed by atoms with van der Waals surface area (Å²) in [4.78, 5) is 18.4. The maximum atomic E-state index is 9.18. The molecular formula is C47H52Cl2O2SiZr. The summed E-state index contributed by atoms with van der Waals surface area (Å²) in [6.07, 6.45) is 4.71. The van der Waals surface area contributed by atoms with E-state index < -0.39 is 26.4 Å². The molecule has 0 amide bonds. The minimum absolute atomic E-state index is 0.0930. The molecular weight excluding hydrogens is 787 g/mol. The fraction of sp³-hybridized carbons (Fsp3) is 0.277. The molecule has 0 spiro atoms. The van der Waals surface area contributed by atoms with E-state index in [1.165, 1.54) is 73.3 Å². The third kappa shape index (κ3) is 8.25. The van der Waals surface area contributed by atoms with Gasteiger partial charge < -0.3 is 9.59 Å². The van der Waals surface area contributed by atoms with Crippen molar-refractivity contribution in [1.82, 2.24) is 0 Å². The van der Waals surface area contributed by atoms with Gasteiger partial charge in [-0.2, -0.15) is 0 Å². The minimum Gasteiger partial charge on any atom is -0.408 e. The summed E-state index contributed by atoms with van der Waals surface area (Å²) in [6, 6.07) is 40.4. The van der Waals surface area contributed by atoms with Crippen molar-refractivity contribution >= 4 is 42.9 Å². The van der Waals surface area contributed by atoms with Crippen LogP contribution in [0, 0.1) is 0 Å². The molecule has 0 saturated carbocycles. The summed E-state index contributed by atoms with van der Waals surface area (Å²) >= 11 is -3.96. The number of allylic oxidation sites excluding steroid dienone is 2. The number of fused-ring (bicyclic) bond motifs is 2. The summed E-state index contributed by atoms with van der Waals surface area (Å²) in [7, 11) is 12.6. The van der Waals surface area contributed by atoms with Crippen LogP contribution < -0.4 is 5.19 Å². The Morgan fingerprint density at radius 1 is 0.528 bits per heavy atom. The van der Waals surface area contributed by atoms with Crippen molar-refractivity contribution in [2.75, 3.05) is 0 Å². The SMILES string of the molecule is CC1=Cc2c(-c3ccc(C(C)(C)C)cc3)cccc2[CH]1[Zr]([Cl])([Cl])[CH]1C(C)=Cc2c(-c3ccc(C(C)(C)C)cc3)cccc21.C[Si](O)(O)c1ccccc1. The first-order valence-corrected chi connectivity index (χ1v) is 30.1. The molecule has 7 rings (SSSR count). The number of halogens is 2. The Balaban J connectivity index is 0.000000417. The molecule has 2 aliphatic rings. The number of hydrogen-bond donors (Lipinski definition) is 2. The molecule has 0 aromatic heterocycles. The van der Waals surface area contributed by atoms with E-state index in [2.05, 4.69) is 152 Å². The molecule has 0 radical (unpaired) electrons. The van der Waals surface area contributed by atoms with E-state index in [1.807, 2.05) is 6.07 Å². The van der Waals surface area contributed by atoms with E-state index in [4.69, 9.17) is 17.0 Å². The van der Waals surface area contributed by atoms with Crippen molar-refractivity contribution in [2.24, 2.45) is 0 Å². The molecule has 2 nitrogen and oxygen atoms in total. The van der Waals surface area contributed by atoms with E-state index in [9.17, 15) is 9.59 Å². The molecule has 2 unspecified atom stereocenters. The molecule has 0 bridgehead atoms. The van der Waals surface area contributed by atoms with Crippen molar-refractivity contribution in [3.63, 3.8) is 0 Å².